The Labute approximate surface area is 140 Å². The van der Waals surface area contributed by atoms with Crippen LogP contribution in [-0.4, -0.2) is 30.0 Å². The molecule has 6 nitrogen and oxygen atoms in total. The van der Waals surface area contributed by atoms with Gasteiger partial charge in [-0.25, -0.2) is 9.78 Å². The van der Waals surface area contributed by atoms with Crippen LogP contribution in [0.5, 0.6) is 0 Å². The van der Waals surface area contributed by atoms with Crippen molar-refractivity contribution in [3.8, 4) is 0 Å². The maximum Gasteiger partial charge on any atom is 0.338 e. The summed E-state index contributed by atoms with van der Waals surface area (Å²) < 4.78 is 4.91. The predicted molar refractivity (Wildman–Crippen MR) is 93.3 cm³/mol. The van der Waals surface area contributed by atoms with Gasteiger partial charge in [0.1, 0.15) is 5.69 Å². The molecule has 6 heteroatoms. The zero-order valence-electron chi connectivity index (χ0n) is 13.4. The highest BCUT2D eigenvalue weighted by atomic mass is 16.5. The van der Waals surface area contributed by atoms with Crippen molar-refractivity contribution >= 4 is 23.3 Å². The van der Waals surface area contributed by atoms with Crippen molar-refractivity contribution in [3.63, 3.8) is 0 Å². The Bertz CT molecular complexity index is 709. The van der Waals surface area contributed by atoms with Crippen LogP contribution in [0.3, 0.4) is 0 Å². The van der Waals surface area contributed by atoms with Gasteiger partial charge in [0.25, 0.3) is 5.91 Å². The number of amides is 1. The van der Waals surface area contributed by atoms with Gasteiger partial charge in [0.2, 0.25) is 0 Å². The van der Waals surface area contributed by atoms with Crippen molar-refractivity contribution in [1.29, 1.82) is 0 Å². The lowest BCUT2D eigenvalue weighted by Gasteiger charge is -2.07. The Morgan fingerprint density at radius 1 is 1.17 bits per heavy atom. The summed E-state index contributed by atoms with van der Waals surface area (Å²) >= 11 is 0. The molecule has 0 bridgehead atoms. The summed E-state index contributed by atoms with van der Waals surface area (Å²) in [7, 11) is 0. The lowest BCUT2D eigenvalue weighted by atomic mass is 10.2. The normalized spacial score (nSPS) is 9.88. The van der Waals surface area contributed by atoms with E-state index in [2.05, 4.69) is 22.2 Å². The minimum absolute atomic E-state index is 0.300. The van der Waals surface area contributed by atoms with E-state index in [1.54, 1.807) is 55.6 Å². The molecule has 2 aromatic rings. The molecule has 1 aromatic heterocycles. The van der Waals surface area contributed by atoms with Crippen LogP contribution >= 0.6 is 0 Å². The zero-order valence-corrected chi connectivity index (χ0v) is 13.4. The second kappa shape index (κ2) is 8.47. The highest BCUT2D eigenvalue weighted by Gasteiger charge is 2.09. The van der Waals surface area contributed by atoms with Crippen LogP contribution in [0.1, 0.15) is 27.8 Å². The van der Waals surface area contributed by atoms with Crippen molar-refractivity contribution < 1.29 is 14.3 Å². The summed E-state index contributed by atoms with van der Waals surface area (Å²) in [5.41, 5.74) is 2.12. The van der Waals surface area contributed by atoms with Crippen LogP contribution in [0, 0.1) is 0 Å². The molecule has 0 saturated heterocycles. The highest BCUT2D eigenvalue weighted by molar-refractivity contribution is 6.03. The first-order chi connectivity index (χ1) is 11.6. The van der Waals surface area contributed by atoms with Crippen molar-refractivity contribution in [2.75, 3.05) is 23.8 Å². The molecular formula is C18H19N3O3. The molecule has 0 fully saturated rings. The lowest BCUT2D eigenvalue weighted by molar-refractivity contribution is 0.0526. The topological polar surface area (TPSA) is 80.3 Å². The molecule has 0 aliphatic rings. The van der Waals surface area contributed by atoms with E-state index in [1.807, 2.05) is 0 Å². The summed E-state index contributed by atoms with van der Waals surface area (Å²) in [4.78, 5) is 27.8. The molecule has 0 saturated carbocycles. The third-order valence-electron chi connectivity index (χ3n) is 3.10. The molecule has 124 valence electrons. The number of hydrogen-bond acceptors (Lipinski definition) is 5. The number of nitrogens with one attached hydrogen (secondary N) is 2. The number of nitrogens with zero attached hydrogens (tertiary/aromatic N) is 1. The van der Waals surface area contributed by atoms with Gasteiger partial charge in [0, 0.05) is 12.2 Å². The molecule has 1 heterocycles. The van der Waals surface area contributed by atoms with E-state index >= 15 is 0 Å². The molecule has 0 atom stereocenters. The Hall–Kier alpha value is -3.15. The molecule has 1 amide bonds. The van der Waals surface area contributed by atoms with E-state index in [9.17, 15) is 9.59 Å². The van der Waals surface area contributed by atoms with Crippen LogP contribution in [0.2, 0.25) is 0 Å². The number of pyridine rings is 1. The largest absolute Gasteiger partial charge is 0.462 e. The number of hydrogen-bond donors (Lipinski definition) is 2. The molecule has 0 aliphatic heterocycles. The van der Waals surface area contributed by atoms with E-state index in [1.165, 1.54) is 0 Å². The third kappa shape index (κ3) is 4.67. The van der Waals surface area contributed by atoms with E-state index in [4.69, 9.17) is 4.74 Å². The fourth-order valence-corrected chi connectivity index (χ4v) is 1.92. The minimum Gasteiger partial charge on any atom is -0.462 e. The van der Waals surface area contributed by atoms with Gasteiger partial charge in [0.15, 0.2) is 0 Å². The van der Waals surface area contributed by atoms with Gasteiger partial charge in [-0.05, 0) is 43.3 Å². The number of ether oxygens (including phenoxy) is 1. The molecule has 24 heavy (non-hydrogen) atoms. The average molecular weight is 325 g/mol. The molecule has 1 aromatic carbocycles. The second-order valence-electron chi connectivity index (χ2n) is 4.85. The number of esters is 1. The average Bonchev–Trinajstić information content (AvgIpc) is 2.61. The van der Waals surface area contributed by atoms with Gasteiger partial charge in [-0.2, -0.15) is 0 Å². The zero-order chi connectivity index (χ0) is 17.4. The minimum atomic E-state index is -0.389. The maximum absolute atomic E-state index is 12.2. The first kappa shape index (κ1) is 17.2. The van der Waals surface area contributed by atoms with Gasteiger partial charge in [-0.1, -0.05) is 6.08 Å². The Morgan fingerprint density at radius 3 is 2.46 bits per heavy atom. The monoisotopic (exact) mass is 325 g/mol. The molecule has 0 radical (unpaired) electrons. The molecule has 2 N–H and O–H groups in total. The van der Waals surface area contributed by atoms with Gasteiger partial charge in [0.05, 0.1) is 24.1 Å². The number of aromatic nitrogens is 1. The van der Waals surface area contributed by atoms with Crippen molar-refractivity contribution in [2.45, 2.75) is 6.92 Å². The molecule has 0 unspecified atom stereocenters. The number of carbonyl (C=O) groups is 2. The number of rotatable bonds is 7. The summed E-state index contributed by atoms with van der Waals surface area (Å²) in [5.74, 6) is -0.714. The summed E-state index contributed by atoms with van der Waals surface area (Å²) in [5, 5.41) is 5.81. The summed E-state index contributed by atoms with van der Waals surface area (Å²) in [6.45, 7) is 6.31. The number of benzene rings is 1. The van der Waals surface area contributed by atoms with Gasteiger partial charge in [-0.3, -0.25) is 4.79 Å². The number of anilines is 2. The summed E-state index contributed by atoms with van der Waals surface area (Å²) in [6, 6.07) is 9.89. The van der Waals surface area contributed by atoms with Gasteiger partial charge < -0.3 is 15.4 Å². The first-order valence-corrected chi connectivity index (χ1v) is 7.53. The third-order valence-corrected chi connectivity index (χ3v) is 3.10. The first-order valence-electron chi connectivity index (χ1n) is 7.53. The Kier molecular flexibility index (Phi) is 6.08. The summed E-state index contributed by atoms with van der Waals surface area (Å²) in [6.07, 6.45) is 3.32. The van der Waals surface area contributed by atoms with E-state index in [-0.39, 0.29) is 11.9 Å². The van der Waals surface area contributed by atoms with Crippen LogP contribution in [0.25, 0.3) is 0 Å². The smallest absolute Gasteiger partial charge is 0.338 e. The van der Waals surface area contributed by atoms with Crippen molar-refractivity contribution in [1.82, 2.24) is 4.98 Å². The molecule has 0 spiro atoms. The van der Waals surface area contributed by atoms with Crippen molar-refractivity contribution in [3.05, 3.63) is 66.5 Å². The predicted octanol–water partition coefficient (Wildman–Crippen LogP) is 3.11. The quantitative estimate of drug-likeness (QED) is 0.604. The molecule has 2 rings (SSSR count). The standard InChI is InChI=1S/C18H19N3O3/c1-3-11-19-15-9-10-16(20-12-15)17(22)21-14-7-5-13(6-8-14)18(23)24-4-2/h3,5-10,12,19H,1,4,11H2,2H3,(H,21,22). The fraction of sp³-hybridized carbons (Fsp3) is 0.167. The highest BCUT2D eigenvalue weighted by Crippen LogP contribution is 2.13. The SMILES string of the molecule is C=CCNc1ccc(C(=O)Nc2ccc(C(=O)OCC)cc2)nc1. The molecule has 0 aliphatic carbocycles. The number of carbonyl (C=O) groups excluding carboxylic acids is 2. The van der Waals surface area contributed by atoms with Crippen LogP contribution in [0.4, 0.5) is 11.4 Å². The van der Waals surface area contributed by atoms with Crippen LogP contribution in [0.15, 0.2) is 55.3 Å². The molecular weight excluding hydrogens is 306 g/mol. The maximum atomic E-state index is 12.2. The Balaban J connectivity index is 1.98. The van der Waals surface area contributed by atoms with Gasteiger partial charge >= 0.3 is 5.97 Å². The van der Waals surface area contributed by atoms with Crippen LogP contribution in [-0.2, 0) is 4.74 Å². The lowest BCUT2D eigenvalue weighted by Crippen LogP contribution is -2.14. The fourth-order valence-electron chi connectivity index (χ4n) is 1.92. The van der Waals surface area contributed by atoms with Crippen LogP contribution < -0.4 is 10.6 Å². The Morgan fingerprint density at radius 2 is 1.88 bits per heavy atom. The van der Waals surface area contributed by atoms with E-state index in [0.29, 0.717) is 30.1 Å². The van der Waals surface area contributed by atoms with Gasteiger partial charge in [-0.15, -0.1) is 6.58 Å². The second-order valence-corrected chi connectivity index (χ2v) is 4.85. The van der Waals surface area contributed by atoms with E-state index < -0.39 is 0 Å². The van der Waals surface area contributed by atoms with E-state index in [0.717, 1.165) is 5.69 Å². The van der Waals surface area contributed by atoms with Crippen molar-refractivity contribution in [2.24, 2.45) is 0 Å².